The lowest BCUT2D eigenvalue weighted by molar-refractivity contribution is -0.125. The van der Waals surface area contributed by atoms with E-state index in [9.17, 15) is 4.79 Å². The maximum atomic E-state index is 12.7. The summed E-state index contributed by atoms with van der Waals surface area (Å²) < 4.78 is 0. The Morgan fingerprint density at radius 2 is 2.00 bits per heavy atom. The Balaban J connectivity index is 2.30. The first-order valence-corrected chi connectivity index (χ1v) is 9.07. The molecule has 1 amide bonds. The average molecular weight is 336 g/mol. The van der Waals surface area contributed by atoms with Crippen LogP contribution >= 0.6 is 23.1 Å². The molecule has 2 aromatic heterocycles. The Hall–Kier alpha value is -1.47. The van der Waals surface area contributed by atoms with E-state index in [2.05, 4.69) is 15.0 Å². The molecule has 7 heteroatoms. The summed E-state index contributed by atoms with van der Waals surface area (Å²) >= 11 is 3.17. The first-order valence-electron chi connectivity index (χ1n) is 6.86. The van der Waals surface area contributed by atoms with Crippen LogP contribution < -0.4 is 4.90 Å². The van der Waals surface area contributed by atoms with Crippen LogP contribution in [0.5, 0.6) is 0 Å². The second-order valence-corrected chi connectivity index (χ2v) is 7.56. The maximum absolute atomic E-state index is 12.7. The number of rotatable bonds is 5. The molecular formula is C15H20N4OS2. The Morgan fingerprint density at radius 3 is 2.59 bits per heavy atom. The largest absolute Gasteiger partial charge is 0.305 e. The summed E-state index contributed by atoms with van der Waals surface area (Å²) in [7, 11) is 1.82. The van der Waals surface area contributed by atoms with Gasteiger partial charge in [-0.3, -0.25) is 4.79 Å². The average Bonchev–Trinajstić information content (AvgIpc) is 2.88. The van der Waals surface area contributed by atoms with E-state index in [1.165, 1.54) is 17.7 Å². The molecular weight excluding hydrogens is 316 g/mol. The minimum Gasteiger partial charge on any atom is -0.305 e. The third kappa shape index (κ3) is 3.47. The lowest BCUT2D eigenvalue weighted by Gasteiger charge is -2.28. The van der Waals surface area contributed by atoms with Crippen LogP contribution in [0.4, 0.5) is 5.00 Å². The van der Waals surface area contributed by atoms with E-state index >= 15 is 0 Å². The van der Waals surface area contributed by atoms with Crippen molar-refractivity contribution >= 4 is 34.0 Å². The van der Waals surface area contributed by atoms with Gasteiger partial charge in [0.25, 0.3) is 0 Å². The summed E-state index contributed by atoms with van der Waals surface area (Å²) in [6, 6.07) is 0. The molecule has 22 heavy (non-hydrogen) atoms. The van der Waals surface area contributed by atoms with Crippen LogP contribution in [0.15, 0.2) is 18.7 Å². The van der Waals surface area contributed by atoms with Gasteiger partial charge in [-0.2, -0.15) is 11.8 Å². The van der Waals surface area contributed by atoms with Crippen molar-refractivity contribution in [2.75, 3.05) is 24.0 Å². The number of thiazole rings is 1. The van der Waals surface area contributed by atoms with Crippen molar-refractivity contribution in [3.63, 3.8) is 0 Å². The van der Waals surface area contributed by atoms with Crippen molar-refractivity contribution in [3.8, 4) is 10.6 Å². The predicted octanol–water partition coefficient (Wildman–Crippen LogP) is 3.26. The van der Waals surface area contributed by atoms with E-state index in [0.717, 1.165) is 27.0 Å². The normalized spacial score (nSPS) is 11.5. The standard InChI is InChI=1S/C15H20N4OS2/c1-10-13(19(4)14(20)15(2,3)8-21-5)22-12(18-10)11-6-16-9-17-7-11/h6-7,9H,8H2,1-5H3. The molecule has 0 aromatic carbocycles. The van der Waals surface area contributed by atoms with Crippen LogP contribution in [0.1, 0.15) is 19.5 Å². The van der Waals surface area contributed by atoms with Gasteiger partial charge in [0.1, 0.15) is 16.3 Å². The van der Waals surface area contributed by atoms with Crippen LogP contribution in [0.2, 0.25) is 0 Å². The van der Waals surface area contributed by atoms with E-state index in [1.807, 2.05) is 34.1 Å². The molecule has 0 spiro atoms. The quantitative estimate of drug-likeness (QED) is 0.839. The van der Waals surface area contributed by atoms with Crippen LogP contribution in [0.3, 0.4) is 0 Å². The van der Waals surface area contributed by atoms with Crippen molar-refractivity contribution in [2.45, 2.75) is 20.8 Å². The number of hydrogen-bond acceptors (Lipinski definition) is 6. The zero-order valence-corrected chi connectivity index (χ0v) is 15.1. The van der Waals surface area contributed by atoms with Gasteiger partial charge in [0.15, 0.2) is 0 Å². The highest BCUT2D eigenvalue weighted by atomic mass is 32.2. The smallest absolute Gasteiger partial charge is 0.233 e. The zero-order chi connectivity index (χ0) is 16.3. The number of anilines is 1. The molecule has 5 nitrogen and oxygen atoms in total. The number of amides is 1. The number of hydrogen-bond donors (Lipinski definition) is 0. The summed E-state index contributed by atoms with van der Waals surface area (Å²) in [6.45, 7) is 5.87. The van der Waals surface area contributed by atoms with Gasteiger partial charge >= 0.3 is 0 Å². The van der Waals surface area contributed by atoms with Crippen LogP contribution in [0, 0.1) is 12.3 Å². The molecule has 0 fully saturated rings. The lowest BCUT2D eigenvalue weighted by atomic mass is 9.94. The highest BCUT2D eigenvalue weighted by Crippen LogP contribution is 2.35. The summed E-state index contributed by atoms with van der Waals surface area (Å²) in [5, 5.41) is 1.70. The van der Waals surface area contributed by atoms with E-state index in [0.29, 0.717) is 0 Å². The molecule has 2 rings (SSSR count). The van der Waals surface area contributed by atoms with Gasteiger partial charge in [-0.05, 0) is 13.2 Å². The van der Waals surface area contributed by atoms with Crippen molar-refractivity contribution < 1.29 is 4.79 Å². The number of carbonyl (C=O) groups excluding carboxylic acids is 1. The second-order valence-electron chi connectivity index (χ2n) is 5.72. The van der Waals surface area contributed by atoms with Gasteiger partial charge in [0.2, 0.25) is 5.91 Å². The molecule has 118 valence electrons. The number of aryl methyl sites for hydroxylation is 1. The molecule has 0 aliphatic rings. The second kappa shape index (κ2) is 6.75. The first-order chi connectivity index (χ1) is 10.4. The summed E-state index contributed by atoms with van der Waals surface area (Å²) in [4.78, 5) is 27.0. The minimum absolute atomic E-state index is 0.101. The van der Waals surface area contributed by atoms with Crippen LogP contribution in [0.25, 0.3) is 10.6 Å². The first kappa shape index (κ1) is 16.9. The van der Waals surface area contributed by atoms with Crippen molar-refractivity contribution in [1.29, 1.82) is 0 Å². The minimum atomic E-state index is -0.402. The molecule has 0 aliphatic heterocycles. The molecule has 0 unspecified atom stereocenters. The molecule has 0 saturated heterocycles. The van der Waals surface area contributed by atoms with E-state index < -0.39 is 5.41 Å². The monoisotopic (exact) mass is 336 g/mol. The molecule has 0 radical (unpaired) electrons. The molecule has 0 bridgehead atoms. The van der Waals surface area contributed by atoms with Gasteiger partial charge < -0.3 is 4.90 Å². The van der Waals surface area contributed by atoms with Gasteiger partial charge in [0, 0.05) is 30.8 Å². The van der Waals surface area contributed by atoms with Gasteiger partial charge in [-0.15, -0.1) is 0 Å². The number of aromatic nitrogens is 3. The molecule has 2 heterocycles. The Morgan fingerprint density at radius 1 is 1.36 bits per heavy atom. The Kier molecular flexibility index (Phi) is 5.18. The van der Waals surface area contributed by atoms with Crippen LogP contribution in [-0.4, -0.2) is 39.9 Å². The molecule has 0 aliphatic carbocycles. The Labute approximate surface area is 139 Å². The van der Waals surface area contributed by atoms with Gasteiger partial charge in [0.05, 0.1) is 11.1 Å². The highest BCUT2D eigenvalue weighted by Gasteiger charge is 2.32. The van der Waals surface area contributed by atoms with Crippen molar-refractivity contribution in [3.05, 3.63) is 24.4 Å². The fourth-order valence-electron chi connectivity index (χ4n) is 2.20. The van der Waals surface area contributed by atoms with Crippen molar-refractivity contribution in [2.24, 2.45) is 5.41 Å². The summed E-state index contributed by atoms with van der Waals surface area (Å²) in [5.74, 6) is 0.886. The summed E-state index contributed by atoms with van der Waals surface area (Å²) in [6.07, 6.45) is 6.97. The fraction of sp³-hybridized carbons (Fsp3) is 0.467. The van der Waals surface area contributed by atoms with Gasteiger partial charge in [-0.1, -0.05) is 25.2 Å². The zero-order valence-electron chi connectivity index (χ0n) is 13.5. The number of carbonyl (C=O) groups is 1. The number of nitrogens with zero attached hydrogens (tertiary/aromatic N) is 4. The Bertz CT molecular complexity index is 655. The van der Waals surface area contributed by atoms with E-state index in [4.69, 9.17) is 0 Å². The highest BCUT2D eigenvalue weighted by molar-refractivity contribution is 7.98. The SMILES string of the molecule is CSCC(C)(C)C(=O)N(C)c1sc(-c2cncnc2)nc1C. The number of thioether (sulfide) groups is 1. The van der Waals surface area contributed by atoms with E-state index in [-0.39, 0.29) is 5.91 Å². The third-order valence-electron chi connectivity index (χ3n) is 3.27. The molecule has 0 saturated carbocycles. The molecule has 2 aromatic rings. The third-order valence-corrected chi connectivity index (χ3v) is 5.57. The topological polar surface area (TPSA) is 59.0 Å². The molecule has 0 atom stereocenters. The summed E-state index contributed by atoms with van der Waals surface area (Å²) in [5.41, 5.74) is 1.31. The van der Waals surface area contributed by atoms with E-state index in [1.54, 1.807) is 29.1 Å². The molecule has 0 N–H and O–H groups in total. The predicted molar refractivity (Wildman–Crippen MR) is 93.5 cm³/mol. The lowest BCUT2D eigenvalue weighted by Crippen LogP contribution is -2.40. The van der Waals surface area contributed by atoms with Crippen LogP contribution in [-0.2, 0) is 4.79 Å². The van der Waals surface area contributed by atoms with Gasteiger partial charge in [-0.25, -0.2) is 15.0 Å². The fourth-order valence-corrected chi connectivity index (χ4v) is 4.05. The van der Waals surface area contributed by atoms with Crippen molar-refractivity contribution in [1.82, 2.24) is 15.0 Å². The maximum Gasteiger partial charge on any atom is 0.233 e.